The van der Waals surface area contributed by atoms with E-state index < -0.39 is 0 Å². The van der Waals surface area contributed by atoms with E-state index in [1.165, 1.54) is 0 Å². The molecule has 0 aliphatic heterocycles. The number of nitrogens with two attached hydrogens (primary N) is 1. The van der Waals surface area contributed by atoms with Crippen LogP contribution in [0.3, 0.4) is 0 Å². The minimum Gasteiger partial charge on any atom is -0.497 e. The SMILES string of the molecule is COc1cccc(C(NC(=O)c2ccc(N)c(C(=N)I)c2)C(C)C)c1. The van der Waals surface area contributed by atoms with Crippen molar-refractivity contribution in [2.75, 3.05) is 12.8 Å². The summed E-state index contributed by atoms with van der Waals surface area (Å²) in [6.45, 7) is 4.11. The van der Waals surface area contributed by atoms with E-state index in [1.54, 1.807) is 25.3 Å². The predicted octanol–water partition coefficient (Wildman–Crippen LogP) is 4.16. The summed E-state index contributed by atoms with van der Waals surface area (Å²) in [5.74, 6) is 0.762. The van der Waals surface area contributed by atoms with Crippen LogP contribution in [-0.2, 0) is 0 Å². The van der Waals surface area contributed by atoms with Gasteiger partial charge in [-0.1, -0.05) is 26.0 Å². The lowest BCUT2D eigenvalue weighted by atomic mass is 9.95. The molecule has 0 fully saturated rings. The lowest BCUT2D eigenvalue weighted by Crippen LogP contribution is -2.31. The monoisotopic (exact) mass is 451 g/mol. The number of nitrogen functional groups attached to an aromatic ring is 1. The highest BCUT2D eigenvalue weighted by Crippen LogP contribution is 2.26. The number of benzene rings is 2. The van der Waals surface area contributed by atoms with Gasteiger partial charge in [-0.15, -0.1) is 0 Å². The maximum atomic E-state index is 12.7. The number of rotatable bonds is 6. The van der Waals surface area contributed by atoms with Crippen molar-refractivity contribution < 1.29 is 9.53 Å². The number of methoxy groups -OCH3 is 1. The van der Waals surface area contributed by atoms with Gasteiger partial charge < -0.3 is 15.8 Å². The minimum atomic E-state index is -0.194. The fourth-order valence-electron chi connectivity index (χ4n) is 2.58. The van der Waals surface area contributed by atoms with E-state index >= 15 is 0 Å². The van der Waals surface area contributed by atoms with Crippen molar-refractivity contribution in [2.24, 2.45) is 5.92 Å². The molecule has 5 nitrogen and oxygen atoms in total. The van der Waals surface area contributed by atoms with Gasteiger partial charge in [0.2, 0.25) is 0 Å². The lowest BCUT2D eigenvalue weighted by molar-refractivity contribution is 0.0925. The number of hydrogen-bond donors (Lipinski definition) is 3. The Morgan fingerprint density at radius 3 is 2.56 bits per heavy atom. The number of carbonyl (C=O) groups excluding carboxylic acids is 1. The fraction of sp³-hybridized carbons (Fsp3) is 0.263. The molecule has 0 saturated heterocycles. The van der Waals surface area contributed by atoms with E-state index in [9.17, 15) is 4.79 Å². The van der Waals surface area contributed by atoms with Crippen LogP contribution in [0.4, 0.5) is 5.69 Å². The van der Waals surface area contributed by atoms with E-state index in [0.29, 0.717) is 20.5 Å². The third-order valence-electron chi connectivity index (χ3n) is 3.96. The van der Waals surface area contributed by atoms with Gasteiger partial charge in [-0.3, -0.25) is 10.2 Å². The smallest absolute Gasteiger partial charge is 0.251 e. The third-order valence-corrected chi connectivity index (χ3v) is 4.54. The Labute approximate surface area is 161 Å². The van der Waals surface area contributed by atoms with Crippen LogP contribution in [-0.4, -0.2) is 16.7 Å². The van der Waals surface area contributed by atoms with E-state index in [0.717, 1.165) is 11.3 Å². The zero-order valence-electron chi connectivity index (χ0n) is 14.5. The molecule has 0 heterocycles. The van der Waals surface area contributed by atoms with Gasteiger partial charge >= 0.3 is 0 Å². The van der Waals surface area contributed by atoms with Gasteiger partial charge in [0.25, 0.3) is 5.91 Å². The number of hydrogen-bond acceptors (Lipinski definition) is 4. The molecule has 0 aliphatic rings. The molecular weight excluding hydrogens is 429 g/mol. The van der Waals surface area contributed by atoms with Gasteiger partial charge in [0, 0.05) is 16.8 Å². The molecule has 1 atom stereocenters. The second kappa shape index (κ2) is 8.33. The standard InChI is InChI=1S/C19H22IN3O2/c1-11(2)17(12-5-4-6-14(9-12)25-3)23-19(24)13-7-8-16(21)15(10-13)18(20)22/h4-11,17,22H,21H2,1-3H3,(H,23,24). The zero-order valence-corrected chi connectivity index (χ0v) is 16.6. The topological polar surface area (TPSA) is 88.2 Å². The molecule has 0 saturated carbocycles. The maximum Gasteiger partial charge on any atom is 0.251 e. The molecule has 0 aliphatic carbocycles. The molecule has 6 heteroatoms. The third kappa shape index (κ3) is 4.72. The van der Waals surface area contributed by atoms with Gasteiger partial charge in [-0.2, -0.15) is 0 Å². The van der Waals surface area contributed by atoms with E-state index in [4.69, 9.17) is 15.9 Å². The van der Waals surface area contributed by atoms with E-state index in [2.05, 4.69) is 19.2 Å². The summed E-state index contributed by atoms with van der Waals surface area (Å²) in [6, 6.07) is 12.5. The summed E-state index contributed by atoms with van der Waals surface area (Å²) in [5, 5.41) is 10.8. The van der Waals surface area contributed by atoms with Crippen LogP contribution in [0.5, 0.6) is 5.75 Å². The summed E-state index contributed by atoms with van der Waals surface area (Å²) in [6.07, 6.45) is 0. The van der Waals surface area contributed by atoms with Crippen LogP contribution >= 0.6 is 22.6 Å². The van der Waals surface area contributed by atoms with Crippen molar-refractivity contribution in [3.05, 3.63) is 59.2 Å². The van der Waals surface area contributed by atoms with Crippen LogP contribution < -0.4 is 15.8 Å². The molecule has 2 aromatic carbocycles. The van der Waals surface area contributed by atoms with Crippen LogP contribution in [0.25, 0.3) is 0 Å². The molecule has 0 aromatic heterocycles. The molecule has 25 heavy (non-hydrogen) atoms. The molecule has 1 unspecified atom stereocenters. The second-order valence-corrected chi connectivity index (χ2v) is 7.17. The number of nitrogens with one attached hydrogen (secondary N) is 2. The van der Waals surface area contributed by atoms with Crippen molar-refractivity contribution in [3.63, 3.8) is 0 Å². The van der Waals surface area contributed by atoms with Crippen molar-refractivity contribution >= 4 is 37.9 Å². The van der Waals surface area contributed by atoms with Gasteiger partial charge in [-0.25, -0.2) is 0 Å². The van der Waals surface area contributed by atoms with Crippen LogP contribution in [0.15, 0.2) is 42.5 Å². The first-order valence-electron chi connectivity index (χ1n) is 7.92. The van der Waals surface area contributed by atoms with Crippen LogP contribution in [0, 0.1) is 11.3 Å². The van der Waals surface area contributed by atoms with Crippen LogP contribution in [0.2, 0.25) is 0 Å². The zero-order chi connectivity index (χ0) is 18.6. The lowest BCUT2D eigenvalue weighted by Gasteiger charge is -2.23. The molecule has 132 valence electrons. The highest BCUT2D eigenvalue weighted by molar-refractivity contribution is 14.1. The minimum absolute atomic E-state index is 0.150. The molecule has 4 N–H and O–H groups in total. The highest BCUT2D eigenvalue weighted by Gasteiger charge is 2.20. The highest BCUT2D eigenvalue weighted by atomic mass is 127. The first kappa shape index (κ1) is 19.2. The Balaban J connectivity index is 2.29. The summed E-state index contributed by atoms with van der Waals surface area (Å²) in [5.41, 5.74) is 8.40. The summed E-state index contributed by atoms with van der Waals surface area (Å²) in [7, 11) is 1.62. The first-order chi connectivity index (χ1) is 11.8. The van der Waals surface area contributed by atoms with Crippen molar-refractivity contribution in [2.45, 2.75) is 19.9 Å². The second-order valence-electron chi connectivity index (χ2n) is 6.09. The van der Waals surface area contributed by atoms with Gasteiger partial charge in [0.15, 0.2) is 0 Å². The number of amides is 1. The Hall–Kier alpha value is -2.09. The average molecular weight is 451 g/mol. The molecule has 2 rings (SSSR count). The predicted molar refractivity (Wildman–Crippen MR) is 110 cm³/mol. The van der Waals surface area contributed by atoms with Crippen molar-refractivity contribution in [1.29, 1.82) is 5.41 Å². The Morgan fingerprint density at radius 2 is 1.96 bits per heavy atom. The quantitative estimate of drug-likeness (QED) is 0.350. The summed E-state index contributed by atoms with van der Waals surface area (Å²) < 4.78 is 5.58. The first-order valence-corrected chi connectivity index (χ1v) is 9.00. The fourth-order valence-corrected chi connectivity index (χ4v) is 3.05. The molecule has 2 aromatic rings. The summed E-state index contributed by atoms with van der Waals surface area (Å²) >= 11 is 1.88. The molecule has 0 spiro atoms. The largest absolute Gasteiger partial charge is 0.497 e. The Kier molecular flexibility index (Phi) is 6.41. The molecular formula is C19H22IN3O2. The normalized spacial score (nSPS) is 11.9. The molecule has 0 radical (unpaired) electrons. The van der Waals surface area contributed by atoms with Gasteiger partial charge in [0.05, 0.1) is 13.2 Å². The maximum absolute atomic E-state index is 12.7. The van der Waals surface area contributed by atoms with Gasteiger partial charge in [-0.05, 0) is 64.4 Å². The van der Waals surface area contributed by atoms with Crippen molar-refractivity contribution in [1.82, 2.24) is 5.32 Å². The molecule has 0 bridgehead atoms. The molecule has 1 amide bonds. The number of anilines is 1. The van der Waals surface area contributed by atoms with E-state index in [1.807, 2.05) is 46.9 Å². The average Bonchev–Trinajstić information content (AvgIpc) is 2.59. The van der Waals surface area contributed by atoms with Crippen molar-refractivity contribution in [3.8, 4) is 5.75 Å². The number of ether oxygens (including phenoxy) is 1. The summed E-state index contributed by atoms with van der Waals surface area (Å²) in [4.78, 5) is 12.7. The van der Waals surface area contributed by atoms with Crippen LogP contribution in [0.1, 0.15) is 41.4 Å². The van der Waals surface area contributed by atoms with Gasteiger partial charge in [0.1, 0.15) is 9.47 Å². The number of halogens is 1. The van der Waals surface area contributed by atoms with E-state index in [-0.39, 0.29) is 17.9 Å². The number of carbonyl (C=O) groups is 1. The Morgan fingerprint density at radius 1 is 1.24 bits per heavy atom. The Bertz CT molecular complexity index is 790.